The molecule has 0 atom stereocenters. The van der Waals surface area contributed by atoms with Crippen LogP contribution in [0.15, 0.2) is 0 Å². The van der Waals surface area contributed by atoms with Crippen molar-refractivity contribution in [2.75, 3.05) is 18.4 Å². The molecule has 0 aliphatic heterocycles. The zero-order valence-electron chi connectivity index (χ0n) is 5.19. The highest BCUT2D eigenvalue weighted by Crippen LogP contribution is 1.83. The van der Waals surface area contributed by atoms with Crippen LogP contribution < -0.4 is 11.1 Å². The maximum absolute atomic E-state index is 10.4. The smallest absolute Gasteiger partial charge is 0.233 e. The van der Waals surface area contributed by atoms with Gasteiger partial charge in [0.05, 0.1) is 6.54 Å². The lowest BCUT2D eigenvalue weighted by molar-refractivity contribution is -0.119. The van der Waals surface area contributed by atoms with Crippen molar-refractivity contribution in [1.29, 1.82) is 0 Å². The van der Waals surface area contributed by atoms with Gasteiger partial charge in [0.15, 0.2) is 0 Å². The third-order valence-electron chi connectivity index (χ3n) is 0.818. The summed E-state index contributed by atoms with van der Waals surface area (Å²) in [6.45, 7) is 0.795. The van der Waals surface area contributed by atoms with Crippen LogP contribution in [0.4, 0.5) is 0 Å². The van der Waals surface area contributed by atoms with Gasteiger partial charge in [-0.3, -0.25) is 4.79 Å². The molecule has 0 bridgehead atoms. The fourth-order valence-corrected chi connectivity index (χ4v) is 0.647. The average molecular weight is 195 g/mol. The number of carbonyl (C=O) groups excluding carboxylic acids is 1. The summed E-state index contributed by atoms with van der Waals surface area (Å²) < 4.78 is 0. The number of carbonyl (C=O) groups is 1. The van der Waals surface area contributed by atoms with Crippen LogP contribution in [-0.2, 0) is 4.79 Å². The first-order chi connectivity index (χ1) is 4.31. The van der Waals surface area contributed by atoms with Gasteiger partial charge in [-0.1, -0.05) is 15.9 Å². The van der Waals surface area contributed by atoms with Crippen LogP contribution in [0.3, 0.4) is 0 Å². The lowest BCUT2D eigenvalue weighted by Crippen LogP contribution is -2.30. The van der Waals surface area contributed by atoms with Gasteiger partial charge in [0.2, 0.25) is 5.91 Å². The van der Waals surface area contributed by atoms with Crippen molar-refractivity contribution in [2.45, 2.75) is 6.42 Å². The van der Waals surface area contributed by atoms with Gasteiger partial charge < -0.3 is 11.1 Å². The molecule has 0 saturated heterocycles. The molecule has 0 spiro atoms. The molecule has 0 heterocycles. The highest BCUT2D eigenvalue weighted by molar-refractivity contribution is 9.09. The molecular weight excluding hydrogens is 184 g/mol. The SMILES string of the molecule is NCC(=O)NCCCBr. The Balaban J connectivity index is 2.97. The number of alkyl halides is 1. The van der Waals surface area contributed by atoms with E-state index in [-0.39, 0.29) is 12.5 Å². The Labute approximate surface area is 63.1 Å². The van der Waals surface area contributed by atoms with E-state index in [0.29, 0.717) is 6.54 Å². The minimum atomic E-state index is -0.0871. The molecule has 0 unspecified atom stereocenters. The van der Waals surface area contributed by atoms with Gasteiger partial charge in [-0.15, -0.1) is 0 Å². The highest BCUT2D eigenvalue weighted by atomic mass is 79.9. The molecule has 9 heavy (non-hydrogen) atoms. The maximum atomic E-state index is 10.4. The van der Waals surface area contributed by atoms with Gasteiger partial charge in [-0.25, -0.2) is 0 Å². The summed E-state index contributed by atoms with van der Waals surface area (Å²) in [7, 11) is 0. The zero-order valence-corrected chi connectivity index (χ0v) is 6.78. The van der Waals surface area contributed by atoms with Gasteiger partial charge in [0.25, 0.3) is 0 Å². The van der Waals surface area contributed by atoms with E-state index in [2.05, 4.69) is 21.2 Å². The minimum Gasteiger partial charge on any atom is -0.355 e. The first kappa shape index (κ1) is 8.91. The van der Waals surface area contributed by atoms with E-state index < -0.39 is 0 Å². The van der Waals surface area contributed by atoms with Gasteiger partial charge in [0.1, 0.15) is 0 Å². The van der Waals surface area contributed by atoms with Gasteiger partial charge in [0, 0.05) is 11.9 Å². The Morgan fingerprint density at radius 2 is 2.33 bits per heavy atom. The van der Waals surface area contributed by atoms with Crippen LogP contribution in [0.25, 0.3) is 0 Å². The summed E-state index contributed by atoms with van der Waals surface area (Å²) in [6.07, 6.45) is 0.950. The molecular formula is C5H11BrN2O. The number of rotatable bonds is 4. The van der Waals surface area contributed by atoms with Crippen LogP contribution in [0, 0.1) is 0 Å². The number of hydrogen-bond acceptors (Lipinski definition) is 2. The second-order valence-electron chi connectivity index (χ2n) is 1.60. The topological polar surface area (TPSA) is 55.1 Å². The number of nitrogens with one attached hydrogen (secondary N) is 1. The monoisotopic (exact) mass is 194 g/mol. The van der Waals surface area contributed by atoms with Crippen molar-refractivity contribution in [3.05, 3.63) is 0 Å². The van der Waals surface area contributed by atoms with Gasteiger partial charge in [-0.2, -0.15) is 0 Å². The summed E-state index contributed by atoms with van der Waals surface area (Å²) in [6, 6.07) is 0. The van der Waals surface area contributed by atoms with Crippen molar-refractivity contribution in [2.24, 2.45) is 5.73 Å². The van der Waals surface area contributed by atoms with Crippen molar-refractivity contribution >= 4 is 21.8 Å². The number of halogens is 1. The molecule has 3 nitrogen and oxygen atoms in total. The molecule has 0 aromatic rings. The Kier molecular flexibility index (Phi) is 5.98. The Morgan fingerprint density at radius 1 is 1.67 bits per heavy atom. The van der Waals surface area contributed by atoms with Crippen molar-refractivity contribution < 1.29 is 4.79 Å². The number of amides is 1. The lowest BCUT2D eigenvalue weighted by Gasteiger charge is -1.98. The summed E-state index contributed by atoms with van der Waals surface area (Å²) in [5, 5.41) is 3.55. The second kappa shape index (κ2) is 6.04. The predicted octanol–water partition coefficient (Wildman–Crippen LogP) is -0.154. The standard InChI is InChI=1S/C5H11BrN2O/c6-2-1-3-8-5(9)4-7/h1-4,7H2,(H,8,9). The number of nitrogens with two attached hydrogens (primary N) is 1. The van der Waals surface area contributed by atoms with E-state index in [1.165, 1.54) is 0 Å². The zero-order chi connectivity index (χ0) is 7.11. The minimum absolute atomic E-state index is 0.0856. The van der Waals surface area contributed by atoms with Crippen LogP contribution >= 0.6 is 15.9 Å². The second-order valence-corrected chi connectivity index (χ2v) is 2.39. The molecule has 0 fully saturated rings. The third kappa shape index (κ3) is 5.79. The van der Waals surface area contributed by atoms with E-state index in [9.17, 15) is 4.79 Å². The molecule has 0 radical (unpaired) electrons. The third-order valence-corrected chi connectivity index (χ3v) is 1.38. The van der Waals surface area contributed by atoms with E-state index in [4.69, 9.17) is 5.73 Å². The number of hydrogen-bond donors (Lipinski definition) is 2. The van der Waals surface area contributed by atoms with Gasteiger partial charge in [-0.05, 0) is 6.42 Å². The molecule has 0 aromatic heterocycles. The molecule has 4 heteroatoms. The fourth-order valence-electron chi connectivity index (χ4n) is 0.367. The van der Waals surface area contributed by atoms with Crippen molar-refractivity contribution in [3.8, 4) is 0 Å². The molecule has 0 aromatic carbocycles. The quantitative estimate of drug-likeness (QED) is 0.484. The summed E-state index contributed by atoms with van der Waals surface area (Å²) in [5.74, 6) is -0.0871. The van der Waals surface area contributed by atoms with Crippen LogP contribution in [-0.4, -0.2) is 24.3 Å². The van der Waals surface area contributed by atoms with E-state index >= 15 is 0 Å². The van der Waals surface area contributed by atoms with Crippen LogP contribution in [0.1, 0.15) is 6.42 Å². The fraction of sp³-hybridized carbons (Fsp3) is 0.800. The molecule has 3 N–H and O–H groups in total. The van der Waals surface area contributed by atoms with E-state index in [0.717, 1.165) is 11.8 Å². The molecule has 0 saturated carbocycles. The Hall–Kier alpha value is -0.0900. The Morgan fingerprint density at radius 3 is 2.78 bits per heavy atom. The van der Waals surface area contributed by atoms with Crippen LogP contribution in [0.2, 0.25) is 0 Å². The molecule has 1 amide bonds. The Bertz CT molecular complexity index is 87.0. The predicted molar refractivity (Wildman–Crippen MR) is 40.5 cm³/mol. The van der Waals surface area contributed by atoms with Crippen molar-refractivity contribution in [1.82, 2.24) is 5.32 Å². The summed E-state index contributed by atoms with van der Waals surface area (Å²) in [5.41, 5.74) is 5.03. The summed E-state index contributed by atoms with van der Waals surface area (Å²) in [4.78, 5) is 10.4. The molecule has 0 aliphatic carbocycles. The summed E-state index contributed by atoms with van der Waals surface area (Å²) >= 11 is 3.24. The van der Waals surface area contributed by atoms with E-state index in [1.807, 2.05) is 0 Å². The largest absolute Gasteiger partial charge is 0.355 e. The molecule has 54 valence electrons. The molecule has 0 rings (SSSR count). The highest BCUT2D eigenvalue weighted by Gasteiger charge is 1.92. The van der Waals surface area contributed by atoms with Gasteiger partial charge >= 0.3 is 0 Å². The average Bonchev–Trinajstić information content (AvgIpc) is 1.89. The molecule has 0 aliphatic rings. The van der Waals surface area contributed by atoms with E-state index in [1.54, 1.807) is 0 Å². The van der Waals surface area contributed by atoms with Crippen molar-refractivity contribution in [3.63, 3.8) is 0 Å². The van der Waals surface area contributed by atoms with Crippen LogP contribution in [0.5, 0.6) is 0 Å². The maximum Gasteiger partial charge on any atom is 0.233 e. The lowest BCUT2D eigenvalue weighted by atomic mass is 10.4. The first-order valence-electron chi connectivity index (χ1n) is 2.84. The normalized spacial score (nSPS) is 9.11. The first-order valence-corrected chi connectivity index (χ1v) is 3.96.